The van der Waals surface area contributed by atoms with Gasteiger partial charge in [-0.2, -0.15) is 9.97 Å². The van der Waals surface area contributed by atoms with Gasteiger partial charge in [-0.1, -0.05) is 24.2 Å². The van der Waals surface area contributed by atoms with E-state index in [1.54, 1.807) is 4.90 Å². The van der Waals surface area contributed by atoms with Crippen molar-refractivity contribution in [3.8, 4) is 22.9 Å². The minimum Gasteiger partial charge on any atom is -0.507 e. The largest absolute Gasteiger partial charge is 0.507 e. The van der Waals surface area contributed by atoms with Crippen molar-refractivity contribution in [1.29, 1.82) is 0 Å². The minimum atomic E-state index is -2.73. The third-order valence-corrected chi connectivity index (χ3v) is 7.65. The number of halogens is 5. The molecular weight excluding hydrogens is 566 g/mol. The second-order valence-corrected chi connectivity index (χ2v) is 10.8. The first-order valence-corrected chi connectivity index (χ1v) is 13.4. The number of aromatic nitrogens is 2. The van der Waals surface area contributed by atoms with Gasteiger partial charge < -0.3 is 19.6 Å². The number of alkyl halides is 2. The molecule has 2 aliphatic rings. The number of benzene rings is 2. The van der Waals surface area contributed by atoms with Crippen molar-refractivity contribution in [3.05, 3.63) is 53.6 Å². The van der Waals surface area contributed by atoms with Crippen LogP contribution in [0.3, 0.4) is 0 Å². The third-order valence-electron chi connectivity index (χ3n) is 7.35. The van der Waals surface area contributed by atoms with E-state index in [0.29, 0.717) is 13.1 Å². The van der Waals surface area contributed by atoms with Crippen LogP contribution in [0.25, 0.3) is 22.0 Å². The second-order valence-electron chi connectivity index (χ2n) is 10.4. The summed E-state index contributed by atoms with van der Waals surface area (Å²) in [6.07, 6.45) is 1.24. The molecule has 0 unspecified atom stereocenters. The molecule has 1 N–H and O–H groups in total. The van der Waals surface area contributed by atoms with Crippen molar-refractivity contribution in [3.63, 3.8) is 0 Å². The van der Waals surface area contributed by atoms with Gasteiger partial charge in [-0.3, -0.25) is 9.69 Å². The van der Waals surface area contributed by atoms with Gasteiger partial charge in [0.2, 0.25) is 5.91 Å². The fourth-order valence-electron chi connectivity index (χ4n) is 5.31. The van der Waals surface area contributed by atoms with Gasteiger partial charge in [-0.25, -0.2) is 17.6 Å². The van der Waals surface area contributed by atoms with E-state index in [1.807, 2.05) is 18.7 Å². The highest BCUT2D eigenvalue weighted by Crippen LogP contribution is 2.43. The van der Waals surface area contributed by atoms with E-state index < -0.39 is 28.9 Å². The van der Waals surface area contributed by atoms with Gasteiger partial charge in [0.15, 0.2) is 5.82 Å². The SMILES string of the molecule is C=CC(=O)N1C[C@H](C)N(c2nc(OCCN3CC(F)(F)C3)nc3c(F)c(-c4c(O)cccc4F)c(Cl)cc23)C[C@H]1C. The summed E-state index contributed by atoms with van der Waals surface area (Å²) in [5.74, 6) is -5.06. The van der Waals surface area contributed by atoms with Crippen LogP contribution >= 0.6 is 11.6 Å². The summed E-state index contributed by atoms with van der Waals surface area (Å²) in [6, 6.07) is 4.22. The Morgan fingerprint density at radius 1 is 1.20 bits per heavy atom. The van der Waals surface area contributed by atoms with Crippen LogP contribution in [-0.4, -0.2) is 88.1 Å². The molecule has 0 saturated carbocycles. The summed E-state index contributed by atoms with van der Waals surface area (Å²) in [4.78, 5) is 26.2. The molecule has 1 amide bonds. The Morgan fingerprint density at radius 3 is 2.59 bits per heavy atom. The third kappa shape index (κ3) is 5.50. The number of carbonyl (C=O) groups is 1. The van der Waals surface area contributed by atoms with E-state index in [1.165, 1.54) is 29.2 Å². The lowest BCUT2D eigenvalue weighted by molar-refractivity contribution is -0.132. The standard InChI is InChI=1S/C28H28ClF4N5O3/c1-4-21(40)37-11-16(3)38(12-15(37)2)26-17-10-18(29)22(23-19(30)6-5-7-20(23)39)24(31)25(17)34-27(35-26)41-9-8-36-13-28(32,33)14-36/h4-7,10,15-16,39H,1,8-9,11-14H2,2-3H3/t15-,16+/m1/s1. The first-order valence-electron chi connectivity index (χ1n) is 13.0. The Morgan fingerprint density at radius 2 is 1.93 bits per heavy atom. The molecule has 2 aromatic carbocycles. The number of aromatic hydroxyl groups is 1. The number of likely N-dealkylation sites (tertiary alicyclic amines) is 1. The molecule has 2 atom stereocenters. The summed E-state index contributed by atoms with van der Waals surface area (Å²) in [5, 5.41) is 10.4. The Labute approximate surface area is 238 Å². The fourth-order valence-corrected chi connectivity index (χ4v) is 5.60. The second kappa shape index (κ2) is 11.0. The molecule has 0 aliphatic carbocycles. The summed E-state index contributed by atoms with van der Waals surface area (Å²) in [7, 11) is 0. The zero-order chi connectivity index (χ0) is 29.6. The Bertz CT molecular complexity index is 1500. The molecule has 2 aliphatic heterocycles. The minimum absolute atomic E-state index is 0.0369. The van der Waals surface area contributed by atoms with Crippen LogP contribution in [0, 0.1) is 11.6 Å². The van der Waals surface area contributed by atoms with Crippen molar-refractivity contribution in [2.75, 3.05) is 44.2 Å². The summed E-state index contributed by atoms with van der Waals surface area (Å²) in [6.45, 7) is 7.32. The number of fused-ring (bicyclic) bond motifs is 1. The summed E-state index contributed by atoms with van der Waals surface area (Å²) in [5.41, 5.74) is -1.03. The first kappa shape index (κ1) is 28.9. The number of phenols is 1. The number of carbonyl (C=O) groups excluding carboxylic acids is 1. The topological polar surface area (TPSA) is 82.0 Å². The number of ether oxygens (including phenoxy) is 1. The van der Waals surface area contributed by atoms with Crippen LogP contribution in [0.15, 0.2) is 36.9 Å². The lowest BCUT2D eigenvalue weighted by Gasteiger charge is -2.44. The number of anilines is 1. The van der Waals surface area contributed by atoms with Gasteiger partial charge in [0.1, 0.15) is 29.5 Å². The van der Waals surface area contributed by atoms with E-state index >= 15 is 4.39 Å². The Balaban J connectivity index is 1.58. The Hall–Kier alpha value is -3.64. The lowest BCUT2D eigenvalue weighted by Crippen LogP contribution is -2.58. The van der Waals surface area contributed by atoms with Gasteiger partial charge in [0, 0.05) is 42.7 Å². The van der Waals surface area contributed by atoms with Gasteiger partial charge in [0.05, 0.1) is 23.7 Å². The molecule has 3 heterocycles. The Kier molecular flexibility index (Phi) is 7.73. The maximum atomic E-state index is 16.2. The summed E-state index contributed by atoms with van der Waals surface area (Å²) >= 11 is 6.50. The molecule has 1 aromatic heterocycles. The molecule has 0 bridgehead atoms. The molecule has 13 heteroatoms. The smallest absolute Gasteiger partial charge is 0.319 e. The van der Waals surface area contributed by atoms with Crippen molar-refractivity contribution >= 4 is 34.2 Å². The zero-order valence-electron chi connectivity index (χ0n) is 22.4. The van der Waals surface area contributed by atoms with Gasteiger partial charge >= 0.3 is 6.01 Å². The highest BCUT2D eigenvalue weighted by Gasteiger charge is 2.43. The average Bonchev–Trinajstić information content (AvgIpc) is 2.90. The molecule has 0 radical (unpaired) electrons. The summed E-state index contributed by atoms with van der Waals surface area (Å²) < 4.78 is 63.1. The normalized spacial score (nSPS) is 20.7. The maximum absolute atomic E-state index is 16.2. The number of amides is 1. The van der Waals surface area contributed by atoms with E-state index in [9.17, 15) is 23.1 Å². The average molecular weight is 594 g/mol. The monoisotopic (exact) mass is 593 g/mol. The molecular formula is C28H28ClF4N5O3. The van der Waals surface area contributed by atoms with E-state index in [4.69, 9.17) is 16.3 Å². The maximum Gasteiger partial charge on any atom is 0.319 e. The molecule has 0 spiro atoms. The molecule has 8 nitrogen and oxygen atoms in total. The fraction of sp³-hybridized carbons (Fsp3) is 0.393. The molecule has 5 rings (SSSR count). The van der Waals surface area contributed by atoms with Gasteiger partial charge in [0.25, 0.3) is 5.92 Å². The predicted molar refractivity (Wildman–Crippen MR) is 147 cm³/mol. The van der Waals surface area contributed by atoms with E-state index in [0.717, 1.165) is 6.07 Å². The van der Waals surface area contributed by atoms with Crippen LogP contribution in [0.5, 0.6) is 11.8 Å². The molecule has 2 fully saturated rings. The quantitative estimate of drug-likeness (QED) is 0.309. The molecule has 3 aromatic rings. The number of rotatable bonds is 7. The number of phenolic OH excluding ortho intramolecular Hbond substituents is 1. The zero-order valence-corrected chi connectivity index (χ0v) is 23.1. The van der Waals surface area contributed by atoms with Crippen molar-refractivity contribution in [2.24, 2.45) is 0 Å². The van der Waals surface area contributed by atoms with Crippen molar-refractivity contribution in [1.82, 2.24) is 19.8 Å². The van der Waals surface area contributed by atoms with Crippen LogP contribution in [0.2, 0.25) is 5.02 Å². The van der Waals surface area contributed by atoms with Crippen LogP contribution < -0.4 is 9.64 Å². The highest BCUT2D eigenvalue weighted by molar-refractivity contribution is 6.34. The van der Waals surface area contributed by atoms with E-state index in [-0.39, 0.29) is 77.5 Å². The first-order chi connectivity index (χ1) is 19.4. The molecule has 41 heavy (non-hydrogen) atoms. The molecule has 2 saturated heterocycles. The predicted octanol–water partition coefficient (Wildman–Crippen LogP) is 4.88. The number of hydrogen-bond donors (Lipinski definition) is 1. The lowest BCUT2D eigenvalue weighted by atomic mass is 10.0. The number of nitrogens with zero attached hydrogens (tertiary/aromatic N) is 5. The van der Waals surface area contributed by atoms with Gasteiger partial charge in [-0.05, 0) is 38.1 Å². The van der Waals surface area contributed by atoms with E-state index in [2.05, 4.69) is 16.5 Å². The highest BCUT2D eigenvalue weighted by atomic mass is 35.5. The van der Waals surface area contributed by atoms with Crippen molar-refractivity contribution < 1.29 is 32.2 Å². The van der Waals surface area contributed by atoms with Crippen LogP contribution in [0.4, 0.5) is 23.4 Å². The van der Waals surface area contributed by atoms with Crippen molar-refractivity contribution in [2.45, 2.75) is 31.9 Å². The number of piperazine rings is 1. The van der Waals surface area contributed by atoms with Gasteiger partial charge in [-0.15, -0.1) is 0 Å². The van der Waals surface area contributed by atoms with Crippen LogP contribution in [0.1, 0.15) is 13.8 Å². The number of hydrogen-bond acceptors (Lipinski definition) is 7. The van der Waals surface area contributed by atoms with Crippen LogP contribution in [-0.2, 0) is 4.79 Å². The molecule has 218 valence electrons.